The summed E-state index contributed by atoms with van der Waals surface area (Å²) in [4.78, 5) is 32.1. The Morgan fingerprint density at radius 3 is 2.52 bits per heavy atom. The third kappa shape index (κ3) is 4.29. The van der Waals surface area contributed by atoms with E-state index in [1.165, 1.54) is 29.2 Å². The number of fused-ring (bicyclic) bond motifs is 1. The highest BCUT2D eigenvalue weighted by Crippen LogP contribution is 2.37. The van der Waals surface area contributed by atoms with Crippen molar-refractivity contribution >= 4 is 40.3 Å². The van der Waals surface area contributed by atoms with Crippen LogP contribution in [-0.4, -0.2) is 41.0 Å². The monoisotopic (exact) mass is 447 g/mol. The van der Waals surface area contributed by atoms with Crippen molar-refractivity contribution in [3.05, 3.63) is 60.3 Å². The summed E-state index contributed by atoms with van der Waals surface area (Å²) in [7, 11) is 1.54. The van der Waals surface area contributed by atoms with Crippen LogP contribution in [0.4, 0.5) is 23.7 Å². The molecule has 0 radical (unpaired) electrons. The lowest BCUT2D eigenvalue weighted by Crippen LogP contribution is -2.32. The normalized spacial score (nSPS) is 14.6. The standard InChI is InChI=1S/C21H16F3N3O3S/c1-30-17-4-2-3-16-13(9-10-25-19(16)17)11-26-12-18(28)27(20(26)29)14-5-7-15(8-6-14)31-21(22,23)24/h2-10H,11-12H2,1H3. The number of aromatic nitrogens is 1. The first-order valence-electron chi connectivity index (χ1n) is 9.15. The number of para-hydroxylation sites is 1. The quantitative estimate of drug-likeness (QED) is 0.414. The molecule has 0 unspecified atom stereocenters. The van der Waals surface area contributed by atoms with E-state index in [0.29, 0.717) is 11.3 Å². The molecule has 0 bridgehead atoms. The van der Waals surface area contributed by atoms with Crippen LogP contribution in [0.2, 0.25) is 0 Å². The van der Waals surface area contributed by atoms with Gasteiger partial charge in [0.05, 0.1) is 12.8 Å². The van der Waals surface area contributed by atoms with Crippen LogP contribution in [0.15, 0.2) is 59.6 Å². The summed E-state index contributed by atoms with van der Waals surface area (Å²) < 4.78 is 42.9. The number of amides is 3. The third-order valence-corrected chi connectivity index (χ3v) is 5.51. The van der Waals surface area contributed by atoms with Crippen LogP contribution in [0.5, 0.6) is 5.75 Å². The average molecular weight is 447 g/mol. The van der Waals surface area contributed by atoms with Gasteiger partial charge in [-0.1, -0.05) is 12.1 Å². The van der Waals surface area contributed by atoms with Gasteiger partial charge in [-0.15, -0.1) is 0 Å². The number of rotatable bonds is 5. The first kappa shape index (κ1) is 21.0. The average Bonchev–Trinajstić information content (AvgIpc) is 3.00. The number of benzene rings is 2. The number of halogens is 3. The summed E-state index contributed by atoms with van der Waals surface area (Å²) in [6, 6.07) is 11.8. The Morgan fingerprint density at radius 1 is 1.10 bits per heavy atom. The van der Waals surface area contributed by atoms with Gasteiger partial charge in [-0.3, -0.25) is 9.78 Å². The van der Waals surface area contributed by atoms with Crippen molar-refractivity contribution < 1.29 is 27.5 Å². The molecule has 3 aromatic rings. The molecular weight excluding hydrogens is 431 g/mol. The first-order chi connectivity index (χ1) is 14.8. The predicted octanol–water partition coefficient (Wildman–Crippen LogP) is 4.82. The van der Waals surface area contributed by atoms with Gasteiger partial charge in [0.1, 0.15) is 17.8 Å². The van der Waals surface area contributed by atoms with E-state index in [0.717, 1.165) is 15.8 Å². The Labute approximate surface area is 179 Å². The van der Waals surface area contributed by atoms with Crippen LogP contribution in [0.1, 0.15) is 5.56 Å². The van der Waals surface area contributed by atoms with Gasteiger partial charge < -0.3 is 9.64 Å². The molecule has 31 heavy (non-hydrogen) atoms. The van der Waals surface area contributed by atoms with Gasteiger partial charge in [-0.2, -0.15) is 13.2 Å². The molecule has 10 heteroatoms. The second-order valence-electron chi connectivity index (χ2n) is 6.74. The van der Waals surface area contributed by atoms with Crippen LogP contribution in [-0.2, 0) is 11.3 Å². The van der Waals surface area contributed by atoms with E-state index in [1.54, 1.807) is 25.4 Å². The zero-order valence-corrected chi connectivity index (χ0v) is 17.0. The van der Waals surface area contributed by atoms with Gasteiger partial charge in [0.25, 0.3) is 5.91 Å². The number of nitrogens with zero attached hydrogens (tertiary/aromatic N) is 3. The SMILES string of the molecule is COc1cccc2c(CN3CC(=O)N(c4ccc(SC(F)(F)F)cc4)C3=O)ccnc12. The Balaban J connectivity index is 1.56. The lowest BCUT2D eigenvalue weighted by molar-refractivity contribution is -0.116. The molecule has 2 aromatic carbocycles. The minimum absolute atomic E-state index is 0.0237. The van der Waals surface area contributed by atoms with Gasteiger partial charge in [0.2, 0.25) is 0 Å². The molecule has 6 nitrogen and oxygen atoms in total. The maximum Gasteiger partial charge on any atom is 0.446 e. The fourth-order valence-corrected chi connectivity index (χ4v) is 3.98. The van der Waals surface area contributed by atoms with E-state index in [1.807, 2.05) is 12.1 Å². The Bertz CT molecular complexity index is 1150. The molecule has 4 rings (SSSR count). The van der Waals surface area contributed by atoms with E-state index in [9.17, 15) is 22.8 Å². The molecule has 0 saturated carbocycles. The second-order valence-corrected chi connectivity index (χ2v) is 7.87. The van der Waals surface area contributed by atoms with Crippen molar-refractivity contribution in [2.75, 3.05) is 18.6 Å². The van der Waals surface area contributed by atoms with Gasteiger partial charge in [-0.05, 0) is 53.7 Å². The summed E-state index contributed by atoms with van der Waals surface area (Å²) in [5.74, 6) is 0.152. The van der Waals surface area contributed by atoms with Crippen LogP contribution in [0.25, 0.3) is 10.9 Å². The van der Waals surface area contributed by atoms with Crippen molar-refractivity contribution in [3.63, 3.8) is 0 Å². The topological polar surface area (TPSA) is 62.7 Å². The highest BCUT2D eigenvalue weighted by Gasteiger charge is 2.37. The fourth-order valence-electron chi connectivity index (χ4n) is 3.44. The van der Waals surface area contributed by atoms with E-state index >= 15 is 0 Å². The molecule has 0 spiro atoms. The maximum absolute atomic E-state index is 12.9. The Hall–Kier alpha value is -3.27. The van der Waals surface area contributed by atoms with E-state index in [2.05, 4.69) is 4.98 Å². The number of methoxy groups -OCH3 is 1. The molecule has 0 N–H and O–H groups in total. The Kier molecular flexibility index (Phi) is 5.48. The summed E-state index contributed by atoms with van der Waals surface area (Å²) in [5.41, 5.74) is -2.74. The third-order valence-electron chi connectivity index (χ3n) is 4.77. The summed E-state index contributed by atoms with van der Waals surface area (Å²) >= 11 is -0.255. The number of imide groups is 1. The molecule has 1 aromatic heterocycles. The van der Waals surface area contributed by atoms with Crippen LogP contribution in [0.3, 0.4) is 0 Å². The van der Waals surface area contributed by atoms with Gasteiger partial charge >= 0.3 is 11.5 Å². The molecule has 0 atom stereocenters. The number of pyridine rings is 1. The molecule has 1 fully saturated rings. The lowest BCUT2D eigenvalue weighted by atomic mass is 10.1. The second kappa shape index (κ2) is 8.10. The summed E-state index contributed by atoms with van der Waals surface area (Å²) in [6.07, 6.45) is 1.61. The number of anilines is 1. The predicted molar refractivity (Wildman–Crippen MR) is 110 cm³/mol. The smallest absolute Gasteiger partial charge is 0.446 e. The van der Waals surface area contributed by atoms with Crippen LogP contribution >= 0.6 is 11.8 Å². The molecule has 0 aliphatic carbocycles. The van der Waals surface area contributed by atoms with Crippen LogP contribution < -0.4 is 9.64 Å². The maximum atomic E-state index is 12.9. The summed E-state index contributed by atoms with van der Waals surface area (Å²) in [5, 5.41) is 0.800. The van der Waals surface area contributed by atoms with Crippen LogP contribution in [0, 0.1) is 0 Å². The molecular formula is C21H16F3N3O3S. The number of alkyl halides is 3. The number of urea groups is 1. The first-order valence-corrected chi connectivity index (χ1v) is 9.97. The summed E-state index contributed by atoms with van der Waals surface area (Å²) in [6.45, 7) is 0.0426. The van der Waals surface area contributed by atoms with Gasteiger partial charge in [0.15, 0.2) is 0 Å². The molecule has 3 amide bonds. The van der Waals surface area contributed by atoms with Crippen molar-refractivity contribution in [2.45, 2.75) is 16.9 Å². The van der Waals surface area contributed by atoms with Gasteiger partial charge in [-0.25, -0.2) is 9.69 Å². The van der Waals surface area contributed by atoms with Crippen molar-refractivity contribution in [2.24, 2.45) is 0 Å². The minimum atomic E-state index is -4.41. The molecule has 1 saturated heterocycles. The van der Waals surface area contributed by atoms with E-state index < -0.39 is 17.4 Å². The van der Waals surface area contributed by atoms with Crippen molar-refractivity contribution in [3.8, 4) is 5.75 Å². The van der Waals surface area contributed by atoms with Crippen molar-refractivity contribution in [1.82, 2.24) is 9.88 Å². The number of hydrogen-bond acceptors (Lipinski definition) is 5. The van der Waals surface area contributed by atoms with Crippen molar-refractivity contribution in [1.29, 1.82) is 0 Å². The number of hydrogen-bond donors (Lipinski definition) is 0. The Morgan fingerprint density at radius 2 is 1.84 bits per heavy atom. The largest absolute Gasteiger partial charge is 0.494 e. The van der Waals surface area contributed by atoms with E-state index in [-0.39, 0.29) is 35.4 Å². The molecule has 1 aliphatic heterocycles. The van der Waals surface area contributed by atoms with E-state index in [4.69, 9.17) is 4.74 Å². The number of carbonyl (C=O) groups excluding carboxylic acids is 2. The molecule has 160 valence electrons. The van der Waals surface area contributed by atoms with Gasteiger partial charge in [0, 0.05) is 23.0 Å². The molecule has 2 heterocycles. The highest BCUT2D eigenvalue weighted by molar-refractivity contribution is 8.00. The zero-order chi connectivity index (χ0) is 22.2. The highest BCUT2D eigenvalue weighted by atomic mass is 32.2. The lowest BCUT2D eigenvalue weighted by Gasteiger charge is -2.18. The fraction of sp³-hybridized carbons (Fsp3) is 0.190. The number of ether oxygens (including phenoxy) is 1. The minimum Gasteiger partial charge on any atom is -0.494 e. The number of carbonyl (C=O) groups is 2. The number of thioether (sulfide) groups is 1. The molecule has 1 aliphatic rings. The zero-order valence-electron chi connectivity index (χ0n) is 16.2.